The normalized spacial score (nSPS) is 12.6. The molecule has 1 atom stereocenters. The number of halogens is 2. The molecule has 0 radical (unpaired) electrons. The van der Waals surface area contributed by atoms with Crippen LogP contribution in [0, 0.1) is 6.92 Å². The molecular weight excluding hydrogens is 386 g/mol. The Morgan fingerprint density at radius 1 is 1.21 bits per heavy atom. The minimum atomic E-state index is 0.359. The second kappa shape index (κ2) is 7.02. The highest BCUT2D eigenvalue weighted by molar-refractivity contribution is 9.10. The van der Waals surface area contributed by atoms with Gasteiger partial charge < -0.3 is 5.32 Å². The third-order valence-corrected chi connectivity index (χ3v) is 6.02. The van der Waals surface area contributed by atoms with Crippen LogP contribution in [0.25, 0.3) is 0 Å². The number of hydrogen-bond donors (Lipinski definition) is 1. The molecule has 0 saturated carbocycles. The zero-order valence-corrected chi connectivity index (χ0v) is 15.0. The fraction of sp³-hybridized carbons (Fsp3) is 0.333. The van der Waals surface area contributed by atoms with Gasteiger partial charge in [-0.1, -0.05) is 35.0 Å². The van der Waals surface area contributed by atoms with E-state index in [9.17, 15) is 0 Å². The Balaban J connectivity index is 2.29. The van der Waals surface area contributed by atoms with Crippen LogP contribution in [0.4, 0.5) is 0 Å². The second-order valence-electron chi connectivity index (χ2n) is 4.46. The minimum Gasteiger partial charge on any atom is -0.310 e. The molecule has 2 rings (SSSR count). The van der Waals surface area contributed by atoms with Crippen molar-refractivity contribution in [2.75, 3.05) is 6.54 Å². The van der Waals surface area contributed by atoms with Gasteiger partial charge in [-0.05, 0) is 58.0 Å². The summed E-state index contributed by atoms with van der Waals surface area (Å²) in [5.74, 6) is 0. The van der Waals surface area contributed by atoms with Crippen molar-refractivity contribution in [1.82, 2.24) is 5.32 Å². The van der Waals surface area contributed by atoms with Crippen LogP contribution in [0.5, 0.6) is 0 Å². The molecule has 0 amide bonds. The largest absolute Gasteiger partial charge is 0.310 e. The minimum absolute atomic E-state index is 0.359. The van der Waals surface area contributed by atoms with E-state index in [1.807, 2.05) is 11.3 Å². The molecule has 0 aliphatic carbocycles. The molecule has 0 saturated heterocycles. The van der Waals surface area contributed by atoms with Gasteiger partial charge in [0.05, 0.1) is 0 Å². The Morgan fingerprint density at radius 3 is 2.63 bits per heavy atom. The van der Waals surface area contributed by atoms with Gasteiger partial charge in [0.15, 0.2) is 0 Å². The summed E-state index contributed by atoms with van der Waals surface area (Å²) in [7, 11) is 0. The highest BCUT2D eigenvalue weighted by Gasteiger charge is 2.16. The first-order chi connectivity index (χ1) is 9.13. The molecule has 0 bridgehead atoms. The van der Waals surface area contributed by atoms with Crippen LogP contribution in [0.15, 0.2) is 38.6 Å². The Hall–Kier alpha value is -0.160. The van der Waals surface area contributed by atoms with Gasteiger partial charge >= 0.3 is 0 Å². The van der Waals surface area contributed by atoms with E-state index in [-0.39, 0.29) is 0 Å². The first kappa shape index (κ1) is 15.2. The Kier molecular flexibility index (Phi) is 5.63. The summed E-state index contributed by atoms with van der Waals surface area (Å²) in [5, 5.41) is 5.73. The summed E-state index contributed by atoms with van der Waals surface area (Å²) >= 11 is 9.06. The van der Waals surface area contributed by atoms with Gasteiger partial charge in [0.25, 0.3) is 0 Å². The highest BCUT2D eigenvalue weighted by atomic mass is 79.9. The molecule has 0 spiro atoms. The average Bonchev–Trinajstić information content (AvgIpc) is 2.78. The Morgan fingerprint density at radius 2 is 2.00 bits per heavy atom. The fourth-order valence-corrected chi connectivity index (χ4v) is 4.14. The summed E-state index contributed by atoms with van der Waals surface area (Å²) in [6.07, 6.45) is 1.02. The first-order valence-electron chi connectivity index (χ1n) is 6.33. The van der Waals surface area contributed by atoms with Crippen molar-refractivity contribution < 1.29 is 0 Å². The molecule has 19 heavy (non-hydrogen) atoms. The van der Waals surface area contributed by atoms with Crippen LogP contribution < -0.4 is 5.32 Å². The molecule has 1 nitrogen and oxygen atoms in total. The summed E-state index contributed by atoms with van der Waals surface area (Å²) in [4.78, 5) is 1.39. The lowest BCUT2D eigenvalue weighted by molar-refractivity contribution is 0.550. The number of nitrogens with one attached hydrogen (secondary N) is 1. The van der Waals surface area contributed by atoms with Crippen LogP contribution >= 0.6 is 43.2 Å². The van der Waals surface area contributed by atoms with Gasteiger partial charge in [0.1, 0.15) is 0 Å². The van der Waals surface area contributed by atoms with Gasteiger partial charge in [-0.25, -0.2) is 0 Å². The van der Waals surface area contributed by atoms with Crippen molar-refractivity contribution in [1.29, 1.82) is 0 Å². The molecule has 1 aromatic carbocycles. The standard InChI is InChI=1S/C15H17Br2NS/c1-3-18-14(9-15-13(17)7-8-19-15)11-5-4-6-12(16)10(11)2/h4-8,14,18H,3,9H2,1-2H3. The number of benzene rings is 1. The zero-order valence-electron chi connectivity index (χ0n) is 11.0. The topological polar surface area (TPSA) is 12.0 Å². The van der Waals surface area contributed by atoms with Crippen molar-refractivity contribution in [3.63, 3.8) is 0 Å². The highest BCUT2D eigenvalue weighted by Crippen LogP contribution is 2.31. The maximum Gasteiger partial charge on any atom is 0.0372 e. The van der Waals surface area contributed by atoms with E-state index in [0.717, 1.165) is 13.0 Å². The van der Waals surface area contributed by atoms with E-state index in [4.69, 9.17) is 0 Å². The van der Waals surface area contributed by atoms with Crippen molar-refractivity contribution >= 4 is 43.2 Å². The van der Waals surface area contributed by atoms with Gasteiger partial charge in [-0.2, -0.15) is 0 Å². The van der Waals surface area contributed by atoms with E-state index in [1.165, 1.54) is 24.9 Å². The SMILES string of the molecule is CCNC(Cc1sccc1Br)c1cccc(Br)c1C. The van der Waals surface area contributed by atoms with Crippen molar-refractivity contribution in [3.05, 3.63) is 54.6 Å². The first-order valence-corrected chi connectivity index (χ1v) is 8.80. The second-order valence-corrected chi connectivity index (χ2v) is 7.17. The quantitative estimate of drug-likeness (QED) is 0.698. The molecule has 1 unspecified atom stereocenters. The van der Waals surface area contributed by atoms with Crippen LogP contribution in [0.3, 0.4) is 0 Å². The van der Waals surface area contributed by atoms with Gasteiger partial charge in [-0.15, -0.1) is 11.3 Å². The number of likely N-dealkylation sites (N-methyl/N-ethyl adjacent to an activating group) is 1. The average molecular weight is 403 g/mol. The van der Waals surface area contributed by atoms with E-state index >= 15 is 0 Å². The summed E-state index contributed by atoms with van der Waals surface area (Å²) in [6, 6.07) is 8.91. The lowest BCUT2D eigenvalue weighted by Gasteiger charge is -2.20. The summed E-state index contributed by atoms with van der Waals surface area (Å²) < 4.78 is 2.39. The molecule has 2 aromatic rings. The van der Waals surface area contributed by atoms with Gasteiger partial charge in [-0.3, -0.25) is 0 Å². The Bertz CT molecular complexity index is 551. The Labute approximate surface area is 135 Å². The smallest absolute Gasteiger partial charge is 0.0372 e. The monoisotopic (exact) mass is 401 g/mol. The molecule has 1 heterocycles. The van der Waals surface area contributed by atoms with Crippen LogP contribution in [0.1, 0.15) is 29.0 Å². The maximum atomic E-state index is 3.62. The van der Waals surface area contributed by atoms with Crippen LogP contribution in [-0.4, -0.2) is 6.54 Å². The molecule has 4 heteroatoms. The molecular formula is C15H17Br2NS. The zero-order chi connectivity index (χ0) is 13.8. The lowest BCUT2D eigenvalue weighted by atomic mass is 9.98. The van der Waals surface area contributed by atoms with E-state index in [2.05, 4.69) is 80.7 Å². The molecule has 0 aliphatic rings. The third kappa shape index (κ3) is 3.69. The predicted octanol–water partition coefficient (Wildman–Crippen LogP) is 5.47. The molecule has 0 aliphatic heterocycles. The molecule has 102 valence electrons. The van der Waals surface area contributed by atoms with Crippen molar-refractivity contribution in [2.24, 2.45) is 0 Å². The number of hydrogen-bond acceptors (Lipinski definition) is 2. The van der Waals surface area contributed by atoms with E-state index in [0.29, 0.717) is 6.04 Å². The predicted molar refractivity (Wildman–Crippen MR) is 91.0 cm³/mol. The molecule has 1 N–H and O–H groups in total. The summed E-state index contributed by atoms with van der Waals surface area (Å²) in [6.45, 7) is 5.30. The van der Waals surface area contributed by atoms with Crippen molar-refractivity contribution in [2.45, 2.75) is 26.3 Å². The van der Waals surface area contributed by atoms with Crippen LogP contribution in [0.2, 0.25) is 0 Å². The molecule has 1 aromatic heterocycles. The van der Waals surface area contributed by atoms with E-state index < -0.39 is 0 Å². The lowest BCUT2D eigenvalue weighted by Crippen LogP contribution is -2.23. The summed E-state index contributed by atoms with van der Waals surface area (Å²) in [5.41, 5.74) is 2.69. The van der Waals surface area contributed by atoms with E-state index in [1.54, 1.807) is 0 Å². The third-order valence-electron chi connectivity index (χ3n) is 3.22. The van der Waals surface area contributed by atoms with Crippen LogP contribution in [-0.2, 0) is 6.42 Å². The number of rotatable bonds is 5. The maximum absolute atomic E-state index is 3.62. The van der Waals surface area contributed by atoms with Crippen molar-refractivity contribution in [3.8, 4) is 0 Å². The van der Waals surface area contributed by atoms with Gasteiger partial charge in [0.2, 0.25) is 0 Å². The van der Waals surface area contributed by atoms with Gasteiger partial charge in [0, 0.05) is 26.3 Å². The molecule has 0 fully saturated rings. The fourth-order valence-electron chi connectivity index (χ4n) is 2.20. The number of thiophene rings is 1.